The van der Waals surface area contributed by atoms with Crippen LogP contribution in [0.4, 0.5) is 10.7 Å². The number of hydrogen-bond acceptors (Lipinski definition) is 7. The van der Waals surface area contributed by atoms with Crippen LogP contribution in [0.1, 0.15) is 5.56 Å². The van der Waals surface area contributed by atoms with E-state index in [-0.39, 0.29) is 11.3 Å². The lowest BCUT2D eigenvalue weighted by Crippen LogP contribution is -1.74. The summed E-state index contributed by atoms with van der Waals surface area (Å²) in [5, 5.41) is 27.9. The molecule has 20 heavy (non-hydrogen) atoms. The number of aromatic hydroxyl groups is 1. The first-order chi connectivity index (χ1) is 9.78. The zero-order chi connectivity index (χ0) is 13.9. The van der Waals surface area contributed by atoms with Gasteiger partial charge in [0.2, 0.25) is 0 Å². The Morgan fingerprint density at radius 1 is 1.25 bits per heavy atom. The van der Waals surface area contributed by atoms with E-state index in [1.807, 2.05) is 18.2 Å². The molecule has 6 nitrogen and oxygen atoms in total. The summed E-state index contributed by atoms with van der Waals surface area (Å²) in [7, 11) is 0. The average Bonchev–Trinajstić information content (AvgIpc) is 2.90. The van der Waals surface area contributed by atoms with Gasteiger partial charge >= 0.3 is 0 Å². The Morgan fingerprint density at radius 2 is 2.15 bits per heavy atom. The number of azo groups is 1. The van der Waals surface area contributed by atoms with E-state index in [0.717, 1.165) is 5.39 Å². The number of pyridine rings is 1. The van der Waals surface area contributed by atoms with Crippen molar-refractivity contribution < 1.29 is 5.11 Å². The van der Waals surface area contributed by atoms with E-state index in [2.05, 4.69) is 19.6 Å². The van der Waals surface area contributed by atoms with E-state index in [1.165, 1.54) is 23.7 Å². The van der Waals surface area contributed by atoms with Crippen LogP contribution in [0, 0.1) is 11.3 Å². The molecule has 0 fully saturated rings. The highest BCUT2D eigenvalue weighted by Gasteiger charge is 2.05. The molecule has 0 saturated carbocycles. The lowest BCUT2D eigenvalue weighted by atomic mass is 10.2. The van der Waals surface area contributed by atoms with Gasteiger partial charge in [0, 0.05) is 6.20 Å². The first kappa shape index (κ1) is 12.2. The van der Waals surface area contributed by atoms with Gasteiger partial charge < -0.3 is 5.11 Å². The Balaban J connectivity index is 1.97. The van der Waals surface area contributed by atoms with E-state index in [9.17, 15) is 5.11 Å². The summed E-state index contributed by atoms with van der Waals surface area (Å²) in [6.45, 7) is 0. The van der Waals surface area contributed by atoms with Gasteiger partial charge in [0.1, 0.15) is 11.8 Å². The van der Waals surface area contributed by atoms with E-state index in [1.54, 1.807) is 12.3 Å². The summed E-state index contributed by atoms with van der Waals surface area (Å²) in [5.74, 6) is -0.0705. The molecule has 0 atom stereocenters. The van der Waals surface area contributed by atoms with Crippen LogP contribution in [-0.4, -0.2) is 14.5 Å². The minimum absolute atomic E-state index is 0.0705. The zero-order valence-electron chi connectivity index (χ0n) is 10.1. The molecule has 0 radical (unpaired) electrons. The molecule has 0 spiro atoms. The summed E-state index contributed by atoms with van der Waals surface area (Å²) in [5.41, 5.74) is 1.29. The normalized spacial score (nSPS) is 10.9. The second-order valence-corrected chi connectivity index (χ2v) is 4.63. The number of nitriles is 1. The van der Waals surface area contributed by atoms with Gasteiger partial charge in [0.05, 0.1) is 16.6 Å². The Labute approximate surface area is 117 Å². The van der Waals surface area contributed by atoms with Crippen molar-refractivity contribution in [3.8, 4) is 11.8 Å². The quantitative estimate of drug-likeness (QED) is 0.725. The number of aromatic nitrogens is 2. The summed E-state index contributed by atoms with van der Waals surface area (Å²) < 4.78 is 4.16. The molecule has 0 aliphatic rings. The maximum absolute atomic E-state index is 9.42. The number of phenolic OH excluding ortho intramolecular Hbond substituents is 1. The molecule has 7 heteroatoms. The lowest BCUT2D eigenvalue weighted by molar-refractivity contribution is 0.473. The van der Waals surface area contributed by atoms with Crippen molar-refractivity contribution in [2.24, 2.45) is 10.2 Å². The predicted molar refractivity (Wildman–Crippen MR) is 74.4 cm³/mol. The lowest BCUT2D eigenvalue weighted by Gasteiger charge is -1.96. The topological polar surface area (TPSA) is 94.5 Å². The third kappa shape index (κ3) is 2.20. The Hall–Kier alpha value is -2.85. The molecule has 3 aromatic rings. The highest BCUT2D eigenvalue weighted by Crippen LogP contribution is 2.31. The highest BCUT2D eigenvalue weighted by atomic mass is 32.1. The highest BCUT2D eigenvalue weighted by molar-refractivity contribution is 7.11. The van der Waals surface area contributed by atoms with Crippen LogP contribution in [0.25, 0.3) is 11.0 Å². The zero-order valence-corrected chi connectivity index (χ0v) is 10.9. The maximum atomic E-state index is 9.42. The fourth-order valence-electron chi connectivity index (χ4n) is 1.62. The summed E-state index contributed by atoms with van der Waals surface area (Å²) >= 11 is 1.21. The third-order valence-electron chi connectivity index (χ3n) is 2.59. The molecule has 0 amide bonds. The van der Waals surface area contributed by atoms with Gasteiger partial charge in [-0.1, -0.05) is 0 Å². The van der Waals surface area contributed by atoms with Crippen molar-refractivity contribution in [1.82, 2.24) is 9.36 Å². The fourth-order valence-corrected chi connectivity index (χ4v) is 2.28. The molecule has 1 aromatic carbocycles. The van der Waals surface area contributed by atoms with Gasteiger partial charge in [0.25, 0.3) is 0 Å². The van der Waals surface area contributed by atoms with E-state index < -0.39 is 0 Å². The van der Waals surface area contributed by atoms with Gasteiger partial charge in [-0.15, -0.1) is 10.2 Å². The van der Waals surface area contributed by atoms with Crippen LogP contribution in [-0.2, 0) is 0 Å². The second kappa shape index (κ2) is 5.03. The molecule has 0 bridgehead atoms. The number of nitrogens with zero attached hydrogens (tertiary/aromatic N) is 5. The Bertz CT molecular complexity index is 849. The van der Waals surface area contributed by atoms with Crippen LogP contribution in [0.3, 0.4) is 0 Å². The van der Waals surface area contributed by atoms with E-state index in [0.29, 0.717) is 16.3 Å². The Kier molecular flexibility index (Phi) is 3.07. The molecule has 0 unspecified atom stereocenters. The maximum Gasteiger partial charge on any atom is 0.175 e. The van der Waals surface area contributed by atoms with Crippen LogP contribution >= 0.6 is 11.5 Å². The number of fused-ring (bicyclic) bond motifs is 1. The number of hydrogen-bond donors (Lipinski definition) is 1. The molecular weight excluding hydrogens is 274 g/mol. The van der Waals surface area contributed by atoms with Crippen molar-refractivity contribution in [2.45, 2.75) is 0 Å². The number of phenols is 1. The van der Waals surface area contributed by atoms with Crippen molar-refractivity contribution in [3.63, 3.8) is 0 Å². The molecule has 1 N–H and O–H groups in total. The fraction of sp³-hybridized carbons (Fsp3) is 0. The standard InChI is InChI=1S/C13H7N5OS/c14-7-8-6-9(3-4-11(8)19)16-17-13-10-2-1-5-15-12(10)18-20-13/h1-6,19H. The van der Waals surface area contributed by atoms with Crippen LogP contribution < -0.4 is 0 Å². The first-order valence-electron chi connectivity index (χ1n) is 5.63. The van der Waals surface area contributed by atoms with Crippen LogP contribution in [0.5, 0.6) is 5.75 Å². The summed E-state index contributed by atoms with van der Waals surface area (Å²) in [6.07, 6.45) is 1.67. The van der Waals surface area contributed by atoms with Crippen molar-refractivity contribution >= 4 is 33.3 Å². The molecule has 3 rings (SSSR count). The minimum atomic E-state index is -0.0705. The molecule has 2 heterocycles. The SMILES string of the molecule is N#Cc1cc(N=Nc2snc3ncccc23)ccc1O. The molecule has 0 aliphatic carbocycles. The average molecular weight is 281 g/mol. The number of benzene rings is 1. The van der Waals surface area contributed by atoms with Gasteiger partial charge in [0.15, 0.2) is 10.6 Å². The van der Waals surface area contributed by atoms with Crippen molar-refractivity contribution in [3.05, 3.63) is 42.1 Å². The molecule has 2 aromatic heterocycles. The second-order valence-electron chi connectivity index (χ2n) is 3.88. The monoisotopic (exact) mass is 281 g/mol. The molecule has 96 valence electrons. The summed E-state index contributed by atoms with van der Waals surface area (Å²) in [6, 6.07) is 10.0. The van der Waals surface area contributed by atoms with Crippen LogP contribution in [0.15, 0.2) is 46.8 Å². The number of rotatable bonds is 2. The molecule has 0 aliphatic heterocycles. The minimum Gasteiger partial charge on any atom is -0.507 e. The van der Waals surface area contributed by atoms with E-state index >= 15 is 0 Å². The third-order valence-corrected chi connectivity index (χ3v) is 3.33. The van der Waals surface area contributed by atoms with Crippen molar-refractivity contribution in [2.75, 3.05) is 0 Å². The molecular formula is C13H7N5OS. The van der Waals surface area contributed by atoms with Crippen molar-refractivity contribution in [1.29, 1.82) is 5.26 Å². The predicted octanol–water partition coefficient (Wildman–Crippen LogP) is 3.68. The van der Waals surface area contributed by atoms with Gasteiger partial charge in [-0.05, 0) is 41.9 Å². The Morgan fingerprint density at radius 3 is 3.00 bits per heavy atom. The van der Waals surface area contributed by atoms with Gasteiger partial charge in [-0.25, -0.2) is 4.98 Å². The summed E-state index contributed by atoms with van der Waals surface area (Å²) in [4.78, 5) is 4.12. The van der Waals surface area contributed by atoms with Gasteiger partial charge in [-0.2, -0.15) is 9.64 Å². The largest absolute Gasteiger partial charge is 0.507 e. The first-order valence-corrected chi connectivity index (χ1v) is 6.40. The smallest absolute Gasteiger partial charge is 0.175 e. The van der Waals surface area contributed by atoms with E-state index in [4.69, 9.17) is 5.26 Å². The van der Waals surface area contributed by atoms with Gasteiger partial charge in [-0.3, -0.25) is 0 Å². The molecule has 0 saturated heterocycles. The van der Waals surface area contributed by atoms with Crippen LogP contribution in [0.2, 0.25) is 0 Å².